The molecule has 0 radical (unpaired) electrons. The average Bonchev–Trinajstić information content (AvgIpc) is 2.69. The van der Waals surface area contributed by atoms with Crippen molar-refractivity contribution in [3.05, 3.63) is 35.1 Å². The Balaban J connectivity index is 2.24. The van der Waals surface area contributed by atoms with Crippen LogP contribution in [0.2, 0.25) is 0 Å². The van der Waals surface area contributed by atoms with Crippen LogP contribution in [0, 0.1) is 6.92 Å². The number of aryl methyl sites for hydroxylation is 1. The Morgan fingerprint density at radius 1 is 1.31 bits per heavy atom. The first kappa shape index (κ1) is 11.2. The monoisotopic (exact) mass is 233 g/mol. The van der Waals surface area contributed by atoms with Crippen LogP contribution in [0.1, 0.15) is 10.6 Å². The highest BCUT2D eigenvalue weighted by molar-refractivity contribution is 7.15. The SMILES string of the molecule is CNCCc1sc(-c2ccncc2)nc1C. The number of pyridine rings is 1. The van der Waals surface area contributed by atoms with Gasteiger partial charge in [-0.05, 0) is 39.1 Å². The number of hydrogen-bond donors (Lipinski definition) is 1. The third kappa shape index (κ3) is 2.46. The smallest absolute Gasteiger partial charge is 0.123 e. The molecule has 0 aliphatic rings. The van der Waals surface area contributed by atoms with Gasteiger partial charge in [0.15, 0.2) is 0 Å². The number of thiazole rings is 1. The van der Waals surface area contributed by atoms with Gasteiger partial charge in [-0.1, -0.05) is 0 Å². The van der Waals surface area contributed by atoms with Crippen LogP contribution >= 0.6 is 11.3 Å². The van der Waals surface area contributed by atoms with E-state index in [2.05, 4.69) is 22.2 Å². The molecule has 16 heavy (non-hydrogen) atoms. The van der Waals surface area contributed by atoms with E-state index in [-0.39, 0.29) is 0 Å². The molecule has 2 aromatic heterocycles. The molecule has 0 aliphatic heterocycles. The Morgan fingerprint density at radius 2 is 2.06 bits per heavy atom. The zero-order valence-corrected chi connectivity index (χ0v) is 10.3. The molecule has 0 amide bonds. The Bertz CT molecular complexity index is 451. The quantitative estimate of drug-likeness (QED) is 0.880. The zero-order chi connectivity index (χ0) is 11.4. The fourth-order valence-corrected chi connectivity index (χ4v) is 2.58. The summed E-state index contributed by atoms with van der Waals surface area (Å²) in [6.07, 6.45) is 4.66. The maximum Gasteiger partial charge on any atom is 0.123 e. The number of nitrogens with zero attached hydrogens (tertiary/aromatic N) is 2. The van der Waals surface area contributed by atoms with E-state index in [1.54, 1.807) is 23.7 Å². The van der Waals surface area contributed by atoms with Crippen molar-refractivity contribution in [3.8, 4) is 10.6 Å². The van der Waals surface area contributed by atoms with Crippen molar-refractivity contribution in [2.24, 2.45) is 0 Å². The maximum atomic E-state index is 4.60. The molecule has 1 N–H and O–H groups in total. The van der Waals surface area contributed by atoms with Crippen molar-refractivity contribution >= 4 is 11.3 Å². The second-order valence-corrected chi connectivity index (χ2v) is 4.70. The lowest BCUT2D eigenvalue weighted by Crippen LogP contribution is -2.09. The molecular weight excluding hydrogens is 218 g/mol. The Hall–Kier alpha value is -1.26. The number of rotatable bonds is 4. The molecule has 0 aliphatic carbocycles. The second-order valence-electron chi connectivity index (χ2n) is 3.62. The predicted molar refractivity (Wildman–Crippen MR) is 67.7 cm³/mol. The van der Waals surface area contributed by atoms with E-state index in [4.69, 9.17) is 0 Å². The summed E-state index contributed by atoms with van der Waals surface area (Å²) in [6.45, 7) is 3.07. The van der Waals surface area contributed by atoms with Gasteiger partial charge in [-0.15, -0.1) is 11.3 Å². The Labute approximate surface area is 99.6 Å². The Morgan fingerprint density at radius 3 is 2.75 bits per heavy atom. The molecule has 0 unspecified atom stereocenters. The fraction of sp³-hybridized carbons (Fsp3) is 0.333. The number of aromatic nitrogens is 2. The molecule has 0 bridgehead atoms. The first-order valence-electron chi connectivity index (χ1n) is 5.32. The molecule has 4 heteroatoms. The van der Waals surface area contributed by atoms with Crippen molar-refractivity contribution in [2.45, 2.75) is 13.3 Å². The van der Waals surface area contributed by atoms with Gasteiger partial charge in [-0.3, -0.25) is 4.98 Å². The second kappa shape index (κ2) is 5.18. The third-order valence-corrected chi connectivity index (χ3v) is 3.69. The van der Waals surface area contributed by atoms with Gasteiger partial charge in [-0.2, -0.15) is 0 Å². The largest absolute Gasteiger partial charge is 0.319 e. The summed E-state index contributed by atoms with van der Waals surface area (Å²) in [5.41, 5.74) is 2.30. The predicted octanol–water partition coefficient (Wildman–Crippen LogP) is 2.28. The van der Waals surface area contributed by atoms with Crippen LogP contribution in [-0.2, 0) is 6.42 Å². The van der Waals surface area contributed by atoms with E-state index < -0.39 is 0 Å². The molecule has 0 aromatic carbocycles. The van der Waals surface area contributed by atoms with Crippen LogP contribution in [0.3, 0.4) is 0 Å². The molecule has 2 aromatic rings. The van der Waals surface area contributed by atoms with Gasteiger partial charge >= 0.3 is 0 Å². The molecule has 2 rings (SSSR count). The molecule has 0 atom stereocenters. The van der Waals surface area contributed by atoms with Crippen LogP contribution in [0.4, 0.5) is 0 Å². The van der Waals surface area contributed by atoms with Crippen molar-refractivity contribution in [1.82, 2.24) is 15.3 Å². The van der Waals surface area contributed by atoms with Crippen molar-refractivity contribution < 1.29 is 0 Å². The Kier molecular flexibility index (Phi) is 3.64. The highest BCUT2D eigenvalue weighted by Crippen LogP contribution is 2.27. The van der Waals surface area contributed by atoms with Gasteiger partial charge < -0.3 is 5.32 Å². The lowest BCUT2D eigenvalue weighted by Gasteiger charge is -1.96. The first-order chi connectivity index (χ1) is 7.81. The van der Waals surface area contributed by atoms with Gasteiger partial charge in [0, 0.05) is 22.8 Å². The van der Waals surface area contributed by atoms with E-state index in [9.17, 15) is 0 Å². The summed E-state index contributed by atoms with van der Waals surface area (Å²) >= 11 is 1.77. The minimum Gasteiger partial charge on any atom is -0.319 e. The minimum atomic E-state index is 0.999. The van der Waals surface area contributed by atoms with Gasteiger partial charge in [0.1, 0.15) is 5.01 Å². The third-order valence-electron chi connectivity index (χ3n) is 2.42. The number of nitrogens with one attached hydrogen (secondary N) is 1. The average molecular weight is 233 g/mol. The van der Waals surface area contributed by atoms with Crippen LogP contribution in [0.25, 0.3) is 10.6 Å². The van der Waals surface area contributed by atoms with Crippen molar-refractivity contribution in [1.29, 1.82) is 0 Å². The summed E-state index contributed by atoms with van der Waals surface area (Å²) in [7, 11) is 1.97. The summed E-state index contributed by atoms with van der Waals surface area (Å²) in [5.74, 6) is 0. The van der Waals surface area contributed by atoms with Gasteiger partial charge in [-0.25, -0.2) is 4.98 Å². The molecule has 2 heterocycles. The first-order valence-corrected chi connectivity index (χ1v) is 6.14. The molecule has 0 fully saturated rings. The van der Waals surface area contributed by atoms with E-state index >= 15 is 0 Å². The molecule has 0 saturated carbocycles. The van der Waals surface area contributed by atoms with Crippen molar-refractivity contribution in [2.75, 3.05) is 13.6 Å². The van der Waals surface area contributed by atoms with Gasteiger partial charge in [0.2, 0.25) is 0 Å². The molecule has 3 nitrogen and oxygen atoms in total. The zero-order valence-electron chi connectivity index (χ0n) is 9.53. The van der Waals surface area contributed by atoms with Crippen LogP contribution < -0.4 is 5.32 Å². The lowest BCUT2D eigenvalue weighted by atomic mass is 10.3. The summed E-state index contributed by atoms with van der Waals surface area (Å²) in [6, 6.07) is 4.00. The molecule has 0 spiro atoms. The lowest BCUT2D eigenvalue weighted by molar-refractivity contribution is 0.795. The summed E-state index contributed by atoms with van der Waals surface area (Å²) < 4.78 is 0. The topological polar surface area (TPSA) is 37.8 Å². The highest BCUT2D eigenvalue weighted by atomic mass is 32.1. The summed E-state index contributed by atoms with van der Waals surface area (Å²) in [4.78, 5) is 9.98. The van der Waals surface area contributed by atoms with E-state index in [0.717, 1.165) is 29.2 Å². The molecule has 0 saturated heterocycles. The highest BCUT2D eigenvalue weighted by Gasteiger charge is 2.08. The normalized spacial score (nSPS) is 10.6. The minimum absolute atomic E-state index is 0.999. The number of hydrogen-bond acceptors (Lipinski definition) is 4. The van der Waals surface area contributed by atoms with Crippen LogP contribution in [0.15, 0.2) is 24.5 Å². The van der Waals surface area contributed by atoms with Crippen LogP contribution in [0.5, 0.6) is 0 Å². The van der Waals surface area contributed by atoms with E-state index in [1.807, 2.05) is 19.2 Å². The number of likely N-dealkylation sites (N-methyl/N-ethyl adjacent to an activating group) is 1. The molecule has 84 valence electrons. The molecular formula is C12H15N3S. The fourth-order valence-electron chi connectivity index (χ4n) is 1.52. The van der Waals surface area contributed by atoms with E-state index in [1.165, 1.54) is 4.88 Å². The van der Waals surface area contributed by atoms with Gasteiger partial charge in [0.25, 0.3) is 0 Å². The van der Waals surface area contributed by atoms with Crippen LogP contribution in [-0.4, -0.2) is 23.6 Å². The van der Waals surface area contributed by atoms with E-state index in [0.29, 0.717) is 0 Å². The van der Waals surface area contributed by atoms with Crippen molar-refractivity contribution in [3.63, 3.8) is 0 Å². The summed E-state index contributed by atoms with van der Waals surface area (Å²) in [5, 5.41) is 4.25. The standard InChI is InChI=1S/C12H15N3S/c1-9-11(5-6-13-2)16-12(15-9)10-3-7-14-8-4-10/h3-4,7-8,13H,5-6H2,1-2H3. The van der Waals surface area contributed by atoms with Gasteiger partial charge in [0.05, 0.1) is 5.69 Å². The maximum absolute atomic E-state index is 4.60.